The highest BCUT2D eigenvalue weighted by atomic mass is 16.6. The van der Waals surface area contributed by atoms with E-state index in [4.69, 9.17) is 28.4 Å². The fourth-order valence-corrected chi connectivity index (χ4v) is 26.8. The van der Waals surface area contributed by atoms with Crippen molar-refractivity contribution in [1.29, 1.82) is 0 Å². The van der Waals surface area contributed by atoms with Crippen LogP contribution in [0.15, 0.2) is 74.4 Å². The summed E-state index contributed by atoms with van der Waals surface area (Å²) in [6, 6.07) is 0. The molecule has 0 aromatic carbocycles. The standard InChI is InChI=1S/C19H30O2.C18H30O2.C17H28O2.C16H24O2.C15H22O2.C13H22O2/c1-4-6-7-18(3,21-17(20)5-2)19-11-14-8-15(12-19)10-16(9-14)13-19;1-14(2)17(19)20-18(3,15-10-6-4-7-11-15)16-12-8-5-9-13-16;1-3-16(18)19-17(2,14-10-6-4-7-11-14)15-12-8-5-9-13-15;1-10(2)14(17)18-15(3,4)16-8-11-5-12(9-16)7-13(16)6-11;1-4-13(16)17-14(2,3)15-8-10-5-11(9-15)7-12(15)6-10;1-10(2)12(14)15-13(3,4)11-8-6-5-7-9-11/h5,14-16H,2,4,6-13H2,1,3H3;15-16H,1,4-13H2,2-3H3;3,14-15H,1,4-13H2,2H3;11-13H,1,5-9H2,2-4H3;4,10-12H,1,5-9H2,2-3H3;11H,1,5-9H2,2-4H3. The van der Waals surface area contributed by atoms with Crippen LogP contribution in [0.25, 0.3) is 0 Å². The van der Waals surface area contributed by atoms with E-state index in [0.717, 1.165) is 72.5 Å². The van der Waals surface area contributed by atoms with Crippen LogP contribution < -0.4 is 0 Å². The lowest BCUT2D eigenvalue weighted by atomic mass is 9.45. The van der Waals surface area contributed by atoms with Crippen molar-refractivity contribution in [3.05, 3.63) is 74.4 Å². The number of ether oxygens (including phenoxy) is 6. The lowest BCUT2D eigenvalue weighted by Gasteiger charge is -2.62. The van der Waals surface area contributed by atoms with Crippen LogP contribution in [0.2, 0.25) is 0 Å². The van der Waals surface area contributed by atoms with Crippen LogP contribution >= 0.6 is 0 Å². The zero-order valence-electron chi connectivity index (χ0n) is 72.1. The number of hydrogen-bond acceptors (Lipinski definition) is 12. The van der Waals surface area contributed by atoms with Gasteiger partial charge >= 0.3 is 35.8 Å². The molecule has 17 aliphatic carbocycles. The highest BCUT2D eigenvalue weighted by Gasteiger charge is 2.67. The monoisotopic (exact) mass is 1530 g/mol. The molecule has 5 unspecified atom stereocenters. The molecule has 12 bridgehead atoms. The maximum Gasteiger partial charge on any atom is 0.333 e. The molecule has 0 aromatic heterocycles. The van der Waals surface area contributed by atoms with Crippen molar-refractivity contribution in [2.45, 2.75) is 406 Å². The van der Waals surface area contributed by atoms with Gasteiger partial charge in [0.15, 0.2) is 0 Å². The lowest BCUT2D eigenvalue weighted by molar-refractivity contribution is -0.202. The smallest absolute Gasteiger partial charge is 0.333 e. The van der Waals surface area contributed by atoms with E-state index in [2.05, 4.69) is 94.9 Å². The van der Waals surface area contributed by atoms with Gasteiger partial charge in [0.05, 0.1) is 0 Å². The normalized spacial score (nSPS) is 31.6. The van der Waals surface area contributed by atoms with Crippen LogP contribution in [0.4, 0.5) is 0 Å². The van der Waals surface area contributed by atoms with E-state index in [-0.39, 0.29) is 85.7 Å². The summed E-state index contributed by atoms with van der Waals surface area (Å²) in [5, 5.41) is 0. The molecule has 620 valence electrons. The Morgan fingerprint density at radius 3 is 0.936 bits per heavy atom. The fourth-order valence-electron chi connectivity index (χ4n) is 26.8. The molecule has 0 aromatic rings. The number of hydrogen-bond donors (Lipinski definition) is 0. The van der Waals surface area contributed by atoms with Crippen molar-refractivity contribution < 1.29 is 57.2 Å². The van der Waals surface area contributed by atoms with Gasteiger partial charge in [-0.25, -0.2) is 28.8 Å². The highest BCUT2D eigenvalue weighted by Crippen LogP contribution is 2.72. The quantitative estimate of drug-likeness (QED) is 0.0542. The van der Waals surface area contributed by atoms with Crippen LogP contribution in [-0.2, 0) is 57.2 Å². The number of esters is 6. The van der Waals surface area contributed by atoms with E-state index in [1.807, 2.05) is 13.8 Å². The molecule has 0 spiro atoms. The Labute approximate surface area is 669 Å². The van der Waals surface area contributed by atoms with Gasteiger partial charge in [-0.05, 0) is 346 Å². The molecule has 17 saturated carbocycles. The zero-order valence-corrected chi connectivity index (χ0v) is 72.1. The van der Waals surface area contributed by atoms with E-state index in [1.54, 1.807) is 20.8 Å². The van der Waals surface area contributed by atoms with E-state index in [9.17, 15) is 28.8 Å². The van der Waals surface area contributed by atoms with Gasteiger partial charge in [0.2, 0.25) is 0 Å². The third-order valence-corrected chi connectivity index (χ3v) is 32.4. The lowest BCUT2D eigenvalue weighted by Crippen LogP contribution is -2.58. The third kappa shape index (κ3) is 20.7. The Bertz CT molecular complexity index is 3080. The van der Waals surface area contributed by atoms with Crippen LogP contribution in [0.5, 0.6) is 0 Å². The summed E-state index contributed by atoms with van der Waals surface area (Å²) >= 11 is 0. The minimum atomic E-state index is -0.337. The van der Waals surface area contributed by atoms with E-state index < -0.39 is 0 Å². The molecular weight excluding hydrogens is 1370 g/mol. The summed E-state index contributed by atoms with van der Waals surface area (Å²) in [5.41, 5.74) is 0.480. The molecule has 0 saturated heterocycles. The minimum Gasteiger partial charge on any atom is -0.456 e. The molecule has 5 atom stereocenters. The van der Waals surface area contributed by atoms with Crippen molar-refractivity contribution in [2.24, 2.45) is 99.1 Å². The molecule has 0 amide bonds. The van der Waals surface area contributed by atoms with Crippen LogP contribution in [0, 0.1) is 99.1 Å². The Morgan fingerprint density at radius 1 is 0.345 bits per heavy atom. The molecule has 0 radical (unpaired) electrons. The topological polar surface area (TPSA) is 158 Å². The number of carbonyl (C=O) groups excluding carboxylic acids is 6. The van der Waals surface area contributed by atoms with Gasteiger partial charge in [-0.15, -0.1) is 0 Å². The third-order valence-electron chi connectivity index (χ3n) is 32.4. The van der Waals surface area contributed by atoms with Gasteiger partial charge in [0, 0.05) is 51.2 Å². The fraction of sp³-hybridized carbons (Fsp3) is 0.816. The van der Waals surface area contributed by atoms with E-state index >= 15 is 0 Å². The van der Waals surface area contributed by atoms with Gasteiger partial charge in [0.25, 0.3) is 0 Å². The Morgan fingerprint density at radius 2 is 0.618 bits per heavy atom. The first kappa shape index (κ1) is 89.2. The first-order valence-corrected chi connectivity index (χ1v) is 45.2. The van der Waals surface area contributed by atoms with Crippen molar-refractivity contribution in [3.8, 4) is 0 Å². The average molecular weight is 1530 g/mol. The van der Waals surface area contributed by atoms with Crippen molar-refractivity contribution in [2.75, 3.05) is 0 Å². The SMILES string of the molecule is C=C(C)C(=O)OC(C)(C)C12CC3CC(CC1C3)C2.C=C(C)C(=O)OC(C)(C)C1CCCCC1.C=C(C)C(=O)OC(C)(C1CCCCC1)C1CCCCC1.C=CC(=O)OC(C)(C)C12CC3CC(CC1C3)C2.C=CC(=O)OC(C)(C1CCCCC1)C1CCCCC1.C=CC(=O)OC(C)(CCCC)C12CC3CC(CC(C3)C1)C2. The average Bonchev–Trinajstić information content (AvgIpc) is 1.47. The van der Waals surface area contributed by atoms with Crippen molar-refractivity contribution in [1.82, 2.24) is 0 Å². The van der Waals surface area contributed by atoms with Gasteiger partial charge in [-0.1, -0.05) is 149 Å². The van der Waals surface area contributed by atoms with Crippen LogP contribution in [-0.4, -0.2) is 69.4 Å². The highest BCUT2D eigenvalue weighted by molar-refractivity contribution is 5.88. The van der Waals surface area contributed by atoms with E-state index in [1.165, 1.54) is 281 Å². The second-order valence-electron chi connectivity index (χ2n) is 41.0. The first-order valence-electron chi connectivity index (χ1n) is 45.2. The second-order valence-corrected chi connectivity index (χ2v) is 41.0. The zero-order chi connectivity index (χ0) is 80.3. The molecule has 110 heavy (non-hydrogen) atoms. The van der Waals surface area contributed by atoms with Crippen LogP contribution in [0.1, 0.15) is 373 Å². The van der Waals surface area contributed by atoms with Gasteiger partial charge < -0.3 is 28.4 Å². The summed E-state index contributed by atoms with van der Waals surface area (Å²) in [6.45, 7) is 48.2. The maximum absolute atomic E-state index is 12.1. The molecule has 0 aliphatic heterocycles. The summed E-state index contributed by atoms with van der Waals surface area (Å²) < 4.78 is 35.0. The van der Waals surface area contributed by atoms with Crippen molar-refractivity contribution >= 4 is 35.8 Å². The molecule has 0 N–H and O–H groups in total. The predicted octanol–water partition coefficient (Wildman–Crippen LogP) is 25.0. The molecular formula is C98H156O12. The maximum atomic E-state index is 12.1. The molecule has 12 heteroatoms. The van der Waals surface area contributed by atoms with E-state index in [0.29, 0.717) is 46.3 Å². The minimum absolute atomic E-state index is 0.191. The number of carbonyl (C=O) groups is 6. The molecule has 12 nitrogen and oxygen atoms in total. The second kappa shape index (κ2) is 37.9. The number of rotatable bonds is 23. The first-order chi connectivity index (χ1) is 51.9. The Hall–Kier alpha value is -4.74. The Balaban J connectivity index is 0.000000152. The molecule has 17 aliphatic rings. The largest absolute Gasteiger partial charge is 0.456 e. The van der Waals surface area contributed by atoms with Gasteiger partial charge in [0.1, 0.15) is 33.6 Å². The molecule has 17 fully saturated rings. The summed E-state index contributed by atoms with van der Waals surface area (Å²) in [7, 11) is 0. The number of unbranched alkanes of at least 4 members (excludes halogenated alkanes) is 1. The summed E-state index contributed by atoms with van der Waals surface area (Å²) in [5.74, 6) is 9.11. The van der Waals surface area contributed by atoms with Gasteiger partial charge in [-0.2, -0.15) is 0 Å². The van der Waals surface area contributed by atoms with Crippen LogP contribution in [0.3, 0.4) is 0 Å². The Kier molecular flexibility index (Phi) is 30.7. The summed E-state index contributed by atoms with van der Waals surface area (Å²) in [4.78, 5) is 70.7. The van der Waals surface area contributed by atoms with Gasteiger partial charge in [-0.3, -0.25) is 0 Å². The molecule has 0 heterocycles. The predicted molar refractivity (Wildman–Crippen MR) is 444 cm³/mol. The molecule has 17 rings (SSSR count). The summed E-state index contributed by atoms with van der Waals surface area (Å²) in [6.07, 6.45) is 60.4. The van der Waals surface area contributed by atoms with Crippen molar-refractivity contribution in [3.63, 3.8) is 0 Å².